The summed E-state index contributed by atoms with van der Waals surface area (Å²) in [5.74, 6) is -0.249. The van der Waals surface area contributed by atoms with E-state index in [-0.39, 0.29) is 25.0 Å². The minimum atomic E-state index is -0.771. The maximum atomic E-state index is 11.8. The number of rotatable bonds is 6. The molecule has 1 aliphatic rings. The molecule has 1 N–H and O–H groups in total. The van der Waals surface area contributed by atoms with Crippen LogP contribution in [0.5, 0.6) is 5.75 Å². The van der Waals surface area contributed by atoms with Gasteiger partial charge in [0.25, 0.3) is 5.91 Å². The van der Waals surface area contributed by atoms with Crippen molar-refractivity contribution >= 4 is 35.1 Å². The molecular formula is C14H15Cl2NO4. The van der Waals surface area contributed by atoms with E-state index in [0.717, 1.165) is 0 Å². The van der Waals surface area contributed by atoms with Crippen molar-refractivity contribution in [3.8, 4) is 5.75 Å². The fraction of sp³-hybridized carbons (Fsp3) is 0.429. The predicted octanol–water partition coefficient (Wildman–Crippen LogP) is 2.16. The van der Waals surface area contributed by atoms with Gasteiger partial charge in [0.2, 0.25) is 0 Å². The topological polar surface area (TPSA) is 64.6 Å². The van der Waals surface area contributed by atoms with Crippen molar-refractivity contribution in [1.29, 1.82) is 0 Å². The molecule has 1 aromatic carbocycles. The van der Waals surface area contributed by atoms with E-state index in [4.69, 9.17) is 32.7 Å². The first-order valence-corrected chi connectivity index (χ1v) is 7.13. The van der Waals surface area contributed by atoms with Crippen molar-refractivity contribution in [2.45, 2.75) is 10.8 Å². The number of benzene rings is 1. The van der Waals surface area contributed by atoms with Gasteiger partial charge in [-0.1, -0.05) is 0 Å². The first kappa shape index (κ1) is 15.9. The molecule has 0 unspecified atom stereocenters. The second-order valence-corrected chi connectivity index (χ2v) is 6.30. The van der Waals surface area contributed by atoms with Crippen molar-refractivity contribution in [2.75, 3.05) is 20.3 Å². The smallest absolute Gasteiger partial charge is 0.325 e. The molecule has 1 atom stereocenters. The van der Waals surface area contributed by atoms with Crippen LogP contribution in [-0.4, -0.2) is 36.5 Å². The maximum absolute atomic E-state index is 11.8. The highest BCUT2D eigenvalue weighted by atomic mass is 35.5. The largest absolute Gasteiger partial charge is 0.497 e. The lowest BCUT2D eigenvalue weighted by molar-refractivity contribution is -0.142. The molecule has 0 saturated heterocycles. The molecule has 0 radical (unpaired) electrons. The number of esters is 1. The summed E-state index contributed by atoms with van der Waals surface area (Å²) in [6.07, 6.45) is 0.613. The molecule has 1 aliphatic carbocycles. The van der Waals surface area contributed by atoms with Crippen LogP contribution >= 0.6 is 23.2 Å². The molecule has 2 rings (SSSR count). The van der Waals surface area contributed by atoms with Crippen LogP contribution in [0.15, 0.2) is 24.3 Å². The third kappa shape index (κ3) is 4.51. The number of halogens is 2. The molecule has 1 saturated carbocycles. The van der Waals surface area contributed by atoms with Gasteiger partial charge in [0.1, 0.15) is 16.6 Å². The molecule has 5 nitrogen and oxygen atoms in total. The summed E-state index contributed by atoms with van der Waals surface area (Å²) in [6.45, 7) is -0.0284. The van der Waals surface area contributed by atoms with E-state index in [1.165, 1.54) is 0 Å². The summed E-state index contributed by atoms with van der Waals surface area (Å²) < 4.78 is 9.21. The summed E-state index contributed by atoms with van der Waals surface area (Å²) in [7, 11) is 1.54. The third-order valence-corrected chi connectivity index (χ3v) is 4.07. The molecule has 0 bridgehead atoms. The van der Waals surface area contributed by atoms with E-state index < -0.39 is 10.3 Å². The van der Waals surface area contributed by atoms with E-state index in [9.17, 15) is 9.59 Å². The molecule has 21 heavy (non-hydrogen) atoms. The highest BCUT2D eigenvalue weighted by Crippen LogP contribution is 2.53. The zero-order valence-corrected chi connectivity index (χ0v) is 12.9. The van der Waals surface area contributed by atoms with Gasteiger partial charge in [-0.05, 0) is 30.7 Å². The van der Waals surface area contributed by atoms with E-state index in [0.29, 0.717) is 17.7 Å². The standard InChI is InChI=1S/C14H15Cl2NO4/c1-20-11-4-2-9(3-5-11)13(19)17-7-12(18)21-8-10-6-14(10,15)16/h2-5,10H,6-8H2,1H3,(H,17,19)/t10-/m0/s1. The highest BCUT2D eigenvalue weighted by molar-refractivity contribution is 6.50. The Morgan fingerprint density at radius 3 is 2.48 bits per heavy atom. The predicted molar refractivity (Wildman–Crippen MR) is 78.8 cm³/mol. The fourth-order valence-electron chi connectivity index (χ4n) is 1.69. The summed E-state index contributed by atoms with van der Waals surface area (Å²) in [5.41, 5.74) is 0.436. The summed E-state index contributed by atoms with van der Waals surface area (Å²) in [6, 6.07) is 6.56. The lowest BCUT2D eigenvalue weighted by atomic mass is 10.2. The van der Waals surface area contributed by atoms with E-state index >= 15 is 0 Å². The normalized spacial score (nSPS) is 18.7. The zero-order valence-electron chi connectivity index (χ0n) is 11.4. The van der Waals surface area contributed by atoms with Gasteiger partial charge in [-0.15, -0.1) is 23.2 Å². The van der Waals surface area contributed by atoms with Gasteiger partial charge in [-0.3, -0.25) is 9.59 Å². The molecule has 1 amide bonds. The van der Waals surface area contributed by atoms with Crippen molar-refractivity contribution in [3.63, 3.8) is 0 Å². The van der Waals surface area contributed by atoms with E-state index in [1.807, 2.05) is 0 Å². The number of ether oxygens (including phenoxy) is 2. The van der Waals surface area contributed by atoms with Crippen molar-refractivity contribution in [3.05, 3.63) is 29.8 Å². The van der Waals surface area contributed by atoms with Gasteiger partial charge in [-0.2, -0.15) is 0 Å². The molecule has 7 heteroatoms. The minimum Gasteiger partial charge on any atom is -0.497 e. The van der Waals surface area contributed by atoms with Crippen LogP contribution in [0.1, 0.15) is 16.8 Å². The Bertz CT molecular complexity index is 530. The minimum absolute atomic E-state index is 0.0259. The summed E-state index contributed by atoms with van der Waals surface area (Å²) in [5, 5.41) is 2.48. The fourth-order valence-corrected chi connectivity index (χ4v) is 2.19. The van der Waals surface area contributed by atoms with Crippen molar-refractivity contribution in [1.82, 2.24) is 5.32 Å². The molecule has 1 aromatic rings. The molecule has 0 aromatic heterocycles. The average Bonchev–Trinajstić information content (AvgIpc) is 3.10. The number of carbonyl (C=O) groups is 2. The maximum Gasteiger partial charge on any atom is 0.325 e. The third-order valence-electron chi connectivity index (χ3n) is 3.15. The number of amides is 1. The Labute approximate surface area is 132 Å². The number of alkyl halides is 2. The first-order valence-electron chi connectivity index (χ1n) is 6.38. The second-order valence-electron chi connectivity index (χ2n) is 4.76. The molecular weight excluding hydrogens is 317 g/mol. The molecule has 1 fully saturated rings. The van der Waals surface area contributed by atoms with Crippen LogP contribution in [-0.2, 0) is 9.53 Å². The van der Waals surface area contributed by atoms with Gasteiger partial charge in [0.15, 0.2) is 0 Å². The van der Waals surface area contributed by atoms with Crippen LogP contribution in [0.4, 0.5) is 0 Å². The van der Waals surface area contributed by atoms with Crippen LogP contribution in [0.3, 0.4) is 0 Å². The monoisotopic (exact) mass is 331 g/mol. The zero-order chi connectivity index (χ0) is 15.5. The quantitative estimate of drug-likeness (QED) is 0.640. The van der Waals surface area contributed by atoms with Gasteiger partial charge in [-0.25, -0.2) is 0 Å². The number of carbonyl (C=O) groups excluding carboxylic acids is 2. The second kappa shape index (κ2) is 6.54. The number of hydrogen-bond donors (Lipinski definition) is 1. The average molecular weight is 332 g/mol. The number of nitrogens with one attached hydrogen (secondary N) is 1. The molecule has 0 spiro atoms. The summed E-state index contributed by atoms with van der Waals surface area (Å²) in [4.78, 5) is 23.3. The summed E-state index contributed by atoms with van der Waals surface area (Å²) >= 11 is 11.6. The molecule has 114 valence electrons. The molecule has 0 heterocycles. The van der Waals surface area contributed by atoms with Gasteiger partial charge in [0, 0.05) is 11.5 Å². The van der Waals surface area contributed by atoms with Crippen LogP contribution < -0.4 is 10.1 Å². The van der Waals surface area contributed by atoms with E-state index in [2.05, 4.69) is 5.32 Å². The highest BCUT2D eigenvalue weighted by Gasteiger charge is 2.52. The van der Waals surface area contributed by atoms with Gasteiger partial charge < -0.3 is 14.8 Å². The molecule has 0 aliphatic heterocycles. The Balaban J connectivity index is 1.71. The van der Waals surface area contributed by atoms with Crippen molar-refractivity contribution < 1.29 is 19.1 Å². The van der Waals surface area contributed by atoms with E-state index in [1.54, 1.807) is 31.4 Å². The van der Waals surface area contributed by atoms with Crippen LogP contribution in [0, 0.1) is 5.92 Å². The van der Waals surface area contributed by atoms with Crippen LogP contribution in [0.2, 0.25) is 0 Å². The van der Waals surface area contributed by atoms with Gasteiger partial charge in [0.05, 0.1) is 13.7 Å². The Morgan fingerprint density at radius 1 is 1.33 bits per heavy atom. The SMILES string of the molecule is COc1ccc(C(=O)NCC(=O)OC[C@@H]2CC2(Cl)Cl)cc1. The Hall–Kier alpha value is -1.46. The van der Waals surface area contributed by atoms with Crippen LogP contribution in [0.25, 0.3) is 0 Å². The lowest BCUT2D eigenvalue weighted by Crippen LogP contribution is -2.31. The first-order chi connectivity index (χ1) is 9.92. The number of methoxy groups -OCH3 is 1. The van der Waals surface area contributed by atoms with Crippen molar-refractivity contribution in [2.24, 2.45) is 5.92 Å². The Morgan fingerprint density at radius 2 is 1.95 bits per heavy atom. The van der Waals surface area contributed by atoms with Gasteiger partial charge >= 0.3 is 5.97 Å². The Kier molecular flexibility index (Phi) is 4.96. The number of hydrogen-bond acceptors (Lipinski definition) is 4. The lowest BCUT2D eigenvalue weighted by Gasteiger charge is -2.07.